The number of amides is 1. The van der Waals surface area contributed by atoms with Gasteiger partial charge in [-0.3, -0.25) is 9.79 Å². The molecule has 0 aromatic rings. The Kier molecular flexibility index (Phi) is 9.00. The lowest BCUT2D eigenvalue weighted by Crippen LogP contribution is -2.40. The number of nitrogens with zero attached hydrogens (tertiary/aromatic N) is 1. The number of nitrogens with two attached hydrogens (primary N) is 1. The van der Waals surface area contributed by atoms with E-state index in [4.69, 9.17) is 5.73 Å². The summed E-state index contributed by atoms with van der Waals surface area (Å²) in [6, 6.07) is 0. The van der Waals surface area contributed by atoms with Gasteiger partial charge in [0.05, 0.1) is 12.0 Å². The third kappa shape index (κ3) is 8.46. The van der Waals surface area contributed by atoms with Gasteiger partial charge in [0.25, 0.3) is 0 Å². The van der Waals surface area contributed by atoms with Crippen LogP contribution in [-0.4, -0.2) is 31.5 Å². The van der Waals surface area contributed by atoms with Crippen molar-refractivity contribution in [2.45, 2.75) is 53.4 Å². The second-order valence-corrected chi connectivity index (χ2v) is 5.43. The Balaban J connectivity index is 3.98. The summed E-state index contributed by atoms with van der Waals surface area (Å²) in [4.78, 5) is 16.0. The quantitative estimate of drug-likeness (QED) is 0.338. The molecule has 0 spiro atoms. The largest absolute Gasteiger partial charge is 0.370 e. The minimum Gasteiger partial charge on any atom is -0.370 e. The predicted molar refractivity (Wildman–Crippen MR) is 81.1 cm³/mol. The molecule has 0 bridgehead atoms. The van der Waals surface area contributed by atoms with Crippen LogP contribution in [0, 0.1) is 5.41 Å². The number of carbonyl (C=O) groups is 1. The van der Waals surface area contributed by atoms with E-state index in [1.165, 1.54) is 19.3 Å². The van der Waals surface area contributed by atoms with Crippen molar-refractivity contribution in [3.05, 3.63) is 0 Å². The Morgan fingerprint density at radius 1 is 1.16 bits per heavy atom. The first-order valence-electron chi connectivity index (χ1n) is 7.26. The summed E-state index contributed by atoms with van der Waals surface area (Å²) in [5.41, 5.74) is 5.25. The van der Waals surface area contributed by atoms with E-state index < -0.39 is 5.41 Å². The van der Waals surface area contributed by atoms with Crippen LogP contribution >= 0.6 is 0 Å². The third-order valence-electron chi connectivity index (χ3n) is 2.93. The highest BCUT2D eigenvalue weighted by atomic mass is 16.2. The zero-order chi connectivity index (χ0) is 14.7. The zero-order valence-corrected chi connectivity index (χ0v) is 12.9. The minimum absolute atomic E-state index is 0.00879. The van der Waals surface area contributed by atoms with Gasteiger partial charge in [0, 0.05) is 13.1 Å². The molecular weight excluding hydrogens is 240 g/mol. The van der Waals surface area contributed by atoms with Crippen LogP contribution in [0.2, 0.25) is 0 Å². The molecule has 0 aliphatic heterocycles. The van der Waals surface area contributed by atoms with Crippen LogP contribution in [0.4, 0.5) is 0 Å². The number of carbonyl (C=O) groups excluding carboxylic acids is 1. The first kappa shape index (κ1) is 17.7. The molecule has 0 fully saturated rings. The maximum atomic E-state index is 11.8. The van der Waals surface area contributed by atoms with Gasteiger partial charge in [-0.1, -0.05) is 26.2 Å². The third-order valence-corrected chi connectivity index (χ3v) is 2.93. The topological polar surface area (TPSA) is 79.5 Å². The monoisotopic (exact) mass is 270 g/mol. The number of unbranched alkanes of at least 4 members (excludes halogenated alkanes) is 3. The van der Waals surface area contributed by atoms with Gasteiger partial charge < -0.3 is 16.4 Å². The molecule has 0 aliphatic rings. The summed E-state index contributed by atoms with van der Waals surface area (Å²) in [5, 5.41) is 5.89. The van der Waals surface area contributed by atoms with Gasteiger partial charge in [-0.05, 0) is 27.2 Å². The van der Waals surface area contributed by atoms with Gasteiger partial charge in [0.1, 0.15) is 0 Å². The first-order valence-corrected chi connectivity index (χ1v) is 7.26. The van der Waals surface area contributed by atoms with E-state index in [2.05, 4.69) is 22.5 Å². The smallest absolute Gasteiger partial charge is 0.227 e. The summed E-state index contributed by atoms with van der Waals surface area (Å²) in [7, 11) is 0. The predicted octanol–water partition coefficient (Wildman–Crippen LogP) is 1.63. The molecule has 0 heterocycles. The molecule has 0 atom stereocenters. The van der Waals surface area contributed by atoms with Crippen molar-refractivity contribution in [2.75, 3.05) is 19.6 Å². The molecule has 0 radical (unpaired) electrons. The zero-order valence-electron chi connectivity index (χ0n) is 12.9. The maximum absolute atomic E-state index is 11.8. The Morgan fingerprint density at radius 3 is 2.42 bits per heavy atom. The average molecular weight is 270 g/mol. The van der Waals surface area contributed by atoms with Crippen molar-refractivity contribution in [1.82, 2.24) is 10.6 Å². The van der Waals surface area contributed by atoms with Gasteiger partial charge in [-0.15, -0.1) is 0 Å². The molecule has 5 nitrogen and oxygen atoms in total. The van der Waals surface area contributed by atoms with Crippen molar-refractivity contribution in [1.29, 1.82) is 0 Å². The number of hydrogen-bond acceptors (Lipinski definition) is 2. The second-order valence-electron chi connectivity index (χ2n) is 5.43. The lowest BCUT2D eigenvalue weighted by atomic mass is 9.92. The molecule has 5 heteroatoms. The molecule has 4 N–H and O–H groups in total. The number of rotatable bonds is 9. The molecule has 1 amide bonds. The lowest BCUT2D eigenvalue weighted by molar-refractivity contribution is -0.128. The van der Waals surface area contributed by atoms with Crippen LogP contribution in [0.25, 0.3) is 0 Å². The Bertz CT molecular complexity index is 287. The molecule has 0 aromatic heterocycles. The van der Waals surface area contributed by atoms with E-state index in [1.807, 2.05) is 20.8 Å². The number of nitrogens with one attached hydrogen (secondary N) is 2. The van der Waals surface area contributed by atoms with Crippen molar-refractivity contribution >= 4 is 11.9 Å². The van der Waals surface area contributed by atoms with Crippen LogP contribution < -0.4 is 16.4 Å². The lowest BCUT2D eigenvalue weighted by Gasteiger charge is -2.21. The fraction of sp³-hybridized carbons (Fsp3) is 0.857. The van der Waals surface area contributed by atoms with E-state index in [0.717, 1.165) is 13.0 Å². The van der Waals surface area contributed by atoms with Crippen LogP contribution in [0.5, 0.6) is 0 Å². The highest BCUT2D eigenvalue weighted by Gasteiger charge is 2.26. The highest BCUT2D eigenvalue weighted by molar-refractivity contribution is 5.83. The van der Waals surface area contributed by atoms with Crippen molar-refractivity contribution < 1.29 is 4.79 Å². The van der Waals surface area contributed by atoms with Gasteiger partial charge >= 0.3 is 0 Å². The normalized spacial score (nSPS) is 12.3. The van der Waals surface area contributed by atoms with E-state index in [1.54, 1.807) is 0 Å². The fourth-order valence-corrected chi connectivity index (χ4v) is 1.58. The van der Waals surface area contributed by atoms with Crippen molar-refractivity contribution in [3.8, 4) is 0 Å². The number of aliphatic imine (C=N–C) groups is 1. The highest BCUT2D eigenvalue weighted by Crippen LogP contribution is 2.15. The van der Waals surface area contributed by atoms with Crippen molar-refractivity contribution in [2.24, 2.45) is 16.1 Å². The second kappa shape index (κ2) is 9.64. The molecule has 0 rings (SSSR count). The minimum atomic E-state index is -0.523. The SMILES string of the molecule is CCCCCCNC(N)=NCC(C)(C)C(=O)NCC. The summed E-state index contributed by atoms with van der Waals surface area (Å²) < 4.78 is 0. The summed E-state index contributed by atoms with van der Waals surface area (Å²) in [6.45, 7) is 9.71. The van der Waals surface area contributed by atoms with Gasteiger partial charge in [-0.25, -0.2) is 0 Å². The van der Waals surface area contributed by atoms with Crippen LogP contribution in [0.3, 0.4) is 0 Å². The number of hydrogen-bond donors (Lipinski definition) is 3. The standard InChI is InChI=1S/C14H30N4O/c1-5-7-8-9-10-17-13(15)18-11-14(3,4)12(19)16-6-2/h5-11H2,1-4H3,(H,16,19)(H3,15,17,18). The maximum Gasteiger partial charge on any atom is 0.227 e. The first-order chi connectivity index (χ1) is 8.94. The van der Waals surface area contributed by atoms with Crippen LogP contribution in [0.1, 0.15) is 53.4 Å². The van der Waals surface area contributed by atoms with Crippen molar-refractivity contribution in [3.63, 3.8) is 0 Å². The molecule has 0 aliphatic carbocycles. The average Bonchev–Trinajstić information content (AvgIpc) is 2.36. The summed E-state index contributed by atoms with van der Waals surface area (Å²) >= 11 is 0. The molecule has 0 saturated heterocycles. The Hall–Kier alpha value is -1.26. The molecule has 0 saturated carbocycles. The molecule has 19 heavy (non-hydrogen) atoms. The van der Waals surface area contributed by atoms with E-state index in [-0.39, 0.29) is 5.91 Å². The van der Waals surface area contributed by atoms with Gasteiger partial charge in [0.2, 0.25) is 5.91 Å². The Morgan fingerprint density at radius 2 is 1.84 bits per heavy atom. The van der Waals surface area contributed by atoms with E-state index >= 15 is 0 Å². The number of guanidine groups is 1. The van der Waals surface area contributed by atoms with Gasteiger partial charge in [-0.2, -0.15) is 0 Å². The Labute approximate surface area is 117 Å². The van der Waals surface area contributed by atoms with E-state index in [0.29, 0.717) is 19.0 Å². The summed E-state index contributed by atoms with van der Waals surface area (Å²) in [6.07, 6.45) is 4.79. The van der Waals surface area contributed by atoms with Crippen LogP contribution in [0.15, 0.2) is 4.99 Å². The fourth-order valence-electron chi connectivity index (χ4n) is 1.58. The molecular formula is C14H30N4O. The molecule has 112 valence electrons. The molecule has 0 aromatic carbocycles. The summed E-state index contributed by atoms with van der Waals surface area (Å²) in [5.74, 6) is 0.434. The van der Waals surface area contributed by atoms with Gasteiger partial charge in [0.15, 0.2) is 5.96 Å². The van der Waals surface area contributed by atoms with Crippen LogP contribution in [-0.2, 0) is 4.79 Å². The van der Waals surface area contributed by atoms with E-state index in [9.17, 15) is 4.79 Å². The molecule has 0 unspecified atom stereocenters.